The summed E-state index contributed by atoms with van der Waals surface area (Å²) in [4.78, 5) is 0. The third-order valence-electron chi connectivity index (χ3n) is 2.46. The van der Waals surface area contributed by atoms with Gasteiger partial charge in [0, 0.05) is 6.42 Å². The number of hydrogen-bond donors (Lipinski definition) is 3. The molecule has 0 heterocycles. The highest BCUT2D eigenvalue weighted by molar-refractivity contribution is 5.91. The molecule has 0 saturated heterocycles. The quantitative estimate of drug-likeness (QED) is 0.310. The molecule has 0 amide bonds. The summed E-state index contributed by atoms with van der Waals surface area (Å²) < 4.78 is 0. The van der Waals surface area contributed by atoms with Crippen LogP contribution >= 0.6 is 0 Å². The minimum atomic E-state index is 0.471. The molecule has 16 heavy (non-hydrogen) atoms. The summed E-state index contributed by atoms with van der Waals surface area (Å²) in [7, 11) is 0. The van der Waals surface area contributed by atoms with E-state index < -0.39 is 0 Å². The van der Waals surface area contributed by atoms with Gasteiger partial charge in [0.05, 0.1) is 0 Å². The van der Waals surface area contributed by atoms with Crippen molar-refractivity contribution in [2.24, 2.45) is 16.7 Å². The Morgan fingerprint density at radius 2 is 1.88 bits per heavy atom. The second-order valence-corrected chi connectivity index (χ2v) is 3.55. The molecular weight excluding hydrogens is 200 g/mol. The van der Waals surface area contributed by atoms with Crippen molar-refractivity contribution in [2.75, 3.05) is 0 Å². The summed E-state index contributed by atoms with van der Waals surface area (Å²) in [6.45, 7) is 0. The topological polar surface area (TPSA) is 76.4 Å². The summed E-state index contributed by atoms with van der Waals surface area (Å²) in [5.74, 6) is 5.55. The maximum Gasteiger partial charge on any atom is 0.125 e. The Kier molecular flexibility index (Phi) is 3.03. The van der Waals surface area contributed by atoms with Gasteiger partial charge in [0.25, 0.3) is 0 Å². The second kappa shape index (κ2) is 4.63. The Balaban J connectivity index is 2.41. The molecule has 0 bridgehead atoms. The molecule has 2 aromatic carbocycles. The van der Waals surface area contributed by atoms with Crippen LogP contribution in [0.5, 0.6) is 0 Å². The monoisotopic (exact) mass is 214 g/mol. The van der Waals surface area contributed by atoms with Crippen molar-refractivity contribution >= 4 is 16.6 Å². The van der Waals surface area contributed by atoms with E-state index in [1.807, 2.05) is 24.3 Å². The summed E-state index contributed by atoms with van der Waals surface area (Å²) >= 11 is 0. The summed E-state index contributed by atoms with van der Waals surface area (Å²) in [5.41, 5.74) is 9.06. The predicted molar refractivity (Wildman–Crippen MR) is 66.6 cm³/mol. The number of amidine groups is 1. The molecular formula is C12H14N4. The maximum atomic E-state index is 5.71. The molecule has 4 heteroatoms. The zero-order valence-corrected chi connectivity index (χ0v) is 8.85. The number of nitrogens with one attached hydrogen (secondary N) is 1. The highest BCUT2D eigenvalue weighted by Gasteiger charge is 2.02. The second-order valence-electron chi connectivity index (χ2n) is 3.55. The lowest BCUT2D eigenvalue weighted by molar-refractivity contribution is 0.799. The van der Waals surface area contributed by atoms with Crippen LogP contribution in [0, 0.1) is 0 Å². The van der Waals surface area contributed by atoms with Gasteiger partial charge in [-0.05, 0) is 16.3 Å². The first-order valence-electron chi connectivity index (χ1n) is 5.05. The minimum Gasteiger partial charge on any atom is -0.385 e. The number of benzene rings is 2. The number of hydrazine groups is 1. The molecule has 82 valence electrons. The lowest BCUT2D eigenvalue weighted by Crippen LogP contribution is -2.23. The van der Waals surface area contributed by atoms with E-state index in [1.54, 1.807) is 0 Å². The number of fused-ring (bicyclic) bond motifs is 1. The number of hydrazone groups is 1. The van der Waals surface area contributed by atoms with Crippen molar-refractivity contribution < 1.29 is 0 Å². The third kappa shape index (κ3) is 2.12. The van der Waals surface area contributed by atoms with Crippen molar-refractivity contribution in [1.29, 1.82) is 0 Å². The number of hydrogen-bond acceptors (Lipinski definition) is 3. The number of nitrogens with zero attached hydrogens (tertiary/aromatic N) is 1. The molecule has 5 N–H and O–H groups in total. The summed E-state index contributed by atoms with van der Waals surface area (Å²) in [5, 5.41) is 6.15. The van der Waals surface area contributed by atoms with Crippen LogP contribution in [0.2, 0.25) is 0 Å². The van der Waals surface area contributed by atoms with Gasteiger partial charge < -0.3 is 5.73 Å². The summed E-state index contributed by atoms with van der Waals surface area (Å²) in [6.07, 6.45) is 0.589. The van der Waals surface area contributed by atoms with E-state index in [9.17, 15) is 0 Å². The van der Waals surface area contributed by atoms with Crippen LogP contribution in [-0.2, 0) is 6.42 Å². The number of nitrogens with two attached hydrogens (primary N) is 2. The van der Waals surface area contributed by atoms with Crippen molar-refractivity contribution in [2.45, 2.75) is 6.42 Å². The molecule has 2 aromatic rings. The van der Waals surface area contributed by atoms with Gasteiger partial charge in [0.2, 0.25) is 0 Å². The molecule has 0 aliphatic carbocycles. The lowest BCUT2D eigenvalue weighted by atomic mass is 10.0. The van der Waals surface area contributed by atoms with Crippen LogP contribution in [0.25, 0.3) is 10.8 Å². The fraction of sp³-hybridized carbons (Fsp3) is 0.0833. The van der Waals surface area contributed by atoms with Crippen LogP contribution < -0.4 is 17.1 Å². The summed E-state index contributed by atoms with van der Waals surface area (Å²) in [6, 6.07) is 14.3. The predicted octanol–water partition coefficient (Wildman–Crippen LogP) is 1.12. The Morgan fingerprint density at radius 1 is 1.12 bits per heavy atom. The average Bonchev–Trinajstić information content (AvgIpc) is 2.30. The minimum absolute atomic E-state index is 0.471. The van der Waals surface area contributed by atoms with E-state index in [0.29, 0.717) is 12.3 Å². The average molecular weight is 214 g/mol. The van der Waals surface area contributed by atoms with Gasteiger partial charge >= 0.3 is 0 Å². The van der Waals surface area contributed by atoms with E-state index >= 15 is 0 Å². The molecule has 0 saturated carbocycles. The smallest absolute Gasteiger partial charge is 0.125 e. The van der Waals surface area contributed by atoms with E-state index in [-0.39, 0.29) is 0 Å². The fourth-order valence-electron chi connectivity index (χ4n) is 1.76. The molecule has 0 aromatic heterocycles. The van der Waals surface area contributed by atoms with Gasteiger partial charge in [-0.1, -0.05) is 42.5 Å². The molecule has 2 rings (SSSR count). The molecule has 4 nitrogen and oxygen atoms in total. The van der Waals surface area contributed by atoms with E-state index in [1.165, 1.54) is 10.8 Å². The molecule has 0 spiro atoms. The van der Waals surface area contributed by atoms with Crippen LogP contribution in [0.1, 0.15) is 5.56 Å². The molecule has 0 fully saturated rings. The standard InChI is InChI=1S/C12H14N4/c13-12(15-16-14)8-10-6-3-5-9-4-1-2-7-11(9)10/h1-7,16H,8,14H2,(H2,13,15). The Hall–Kier alpha value is -2.07. The molecule has 0 radical (unpaired) electrons. The van der Waals surface area contributed by atoms with Gasteiger partial charge in [0.15, 0.2) is 0 Å². The van der Waals surface area contributed by atoms with Crippen molar-refractivity contribution in [3.8, 4) is 0 Å². The highest BCUT2D eigenvalue weighted by atomic mass is 15.5. The zero-order chi connectivity index (χ0) is 11.4. The van der Waals surface area contributed by atoms with Crippen molar-refractivity contribution in [3.05, 3.63) is 48.0 Å². The van der Waals surface area contributed by atoms with Gasteiger partial charge in [-0.2, -0.15) is 5.10 Å². The fourth-order valence-corrected chi connectivity index (χ4v) is 1.76. The Bertz CT molecular complexity index is 514. The third-order valence-corrected chi connectivity index (χ3v) is 2.46. The maximum absolute atomic E-state index is 5.71. The Morgan fingerprint density at radius 3 is 2.69 bits per heavy atom. The van der Waals surface area contributed by atoms with E-state index in [2.05, 4.69) is 28.8 Å². The highest BCUT2D eigenvalue weighted by Crippen LogP contribution is 2.18. The zero-order valence-electron chi connectivity index (χ0n) is 8.85. The SMILES string of the molecule is NN/N=C(\N)Cc1cccc2ccccc12. The van der Waals surface area contributed by atoms with Crippen molar-refractivity contribution in [1.82, 2.24) is 5.53 Å². The van der Waals surface area contributed by atoms with Gasteiger partial charge in [0.1, 0.15) is 5.84 Å². The van der Waals surface area contributed by atoms with Crippen LogP contribution in [0.15, 0.2) is 47.6 Å². The Labute approximate surface area is 93.9 Å². The molecule has 0 aliphatic rings. The largest absolute Gasteiger partial charge is 0.385 e. The molecule has 0 unspecified atom stereocenters. The first-order valence-corrected chi connectivity index (χ1v) is 5.05. The van der Waals surface area contributed by atoms with Gasteiger partial charge in [-0.15, -0.1) is 0 Å². The molecule has 0 aliphatic heterocycles. The van der Waals surface area contributed by atoms with Crippen LogP contribution in [-0.4, -0.2) is 5.84 Å². The van der Waals surface area contributed by atoms with Gasteiger partial charge in [-0.3, -0.25) is 0 Å². The first kappa shape index (κ1) is 10.4. The van der Waals surface area contributed by atoms with E-state index in [4.69, 9.17) is 11.6 Å². The van der Waals surface area contributed by atoms with Gasteiger partial charge in [-0.25, -0.2) is 11.4 Å². The van der Waals surface area contributed by atoms with Crippen molar-refractivity contribution in [3.63, 3.8) is 0 Å². The molecule has 0 atom stereocenters. The van der Waals surface area contributed by atoms with Crippen LogP contribution in [0.4, 0.5) is 0 Å². The normalized spacial score (nSPS) is 11.7. The number of rotatable bonds is 3. The first-order chi connectivity index (χ1) is 7.81. The van der Waals surface area contributed by atoms with Crippen LogP contribution in [0.3, 0.4) is 0 Å². The lowest BCUT2D eigenvalue weighted by Gasteiger charge is -2.05. The van der Waals surface area contributed by atoms with E-state index in [0.717, 1.165) is 5.56 Å².